The summed E-state index contributed by atoms with van der Waals surface area (Å²) in [6.07, 6.45) is 3.56. The first-order valence-corrected chi connectivity index (χ1v) is 9.91. The number of carbonyl (C=O) groups excluding carboxylic acids is 1. The first-order valence-electron chi connectivity index (χ1n) is 8.25. The van der Waals surface area contributed by atoms with Crippen molar-refractivity contribution in [2.75, 3.05) is 25.4 Å². The lowest BCUT2D eigenvalue weighted by molar-refractivity contribution is 0.0620. The average Bonchev–Trinajstić information content (AvgIpc) is 3.07. The highest BCUT2D eigenvalue weighted by Gasteiger charge is 2.31. The van der Waals surface area contributed by atoms with Crippen LogP contribution in [0.5, 0.6) is 0 Å². The highest BCUT2D eigenvalue weighted by molar-refractivity contribution is 7.91. The summed E-state index contributed by atoms with van der Waals surface area (Å²) in [5, 5.41) is 3.29. The highest BCUT2D eigenvalue weighted by atomic mass is 32.2. The minimum Gasteiger partial charge on any atom is -0.336 e. The predicted molar refractivity (Wildman–Crippen MR) is 94.0 cm³/mol. The first kappa shape index (κ1) is 17.6. The van der Waals surface area contributed by atoms with Gasteiger partial charge in [-0.3, -0.25) is 4.79 Å². The van der Waals surface area contributed by atoms with E-state index in [9.17, 15) is 13.2 Å². The molecule has 2 aromatic rings. The summed E-state index contributed by atoms with van der Waals surface area (Å²) in [4.78, 5) is 19.4. The predicted octanol–water partition coefficient (Wildman–Crippen LogP) is 1.00. The van der Waals surface area contributed by atoms with Crippen LogP contribution in [0.25, 0.3) is 0 Å². The standard InChI is InChI=1S/C17H22N4O3S/c1-3-25(23,24)14-6-4-5-13(11-14)17(22)21-10-7-18-12-15(21)16-19-8-9-20(16)2/h4-6,8-9,11,15,18H,3,7,10,12H2,1-2H3. The molecular formula is C17H22N4O3S. The SMILES string of the molecule is CCS(=O)(=O)c1cccc(C(=O)N2CCNCC2c2nccn2C)c1. The Labute approximate surface area is 147 Å². The van der Waals surface area contributed by atoms with Gasteiger partial charge in [0.05, 0.1) is 10.6 Å². The summed E-state index contributed by atoms with van der Waals surface area (Å²) >= 11 is 0. The molecule has 3 rings (SSSR count). The Kier molecular flexibility index (Phi) is 4.91. The third-order valence-electron chi connectivity index (χ3n) is 4.48. The summed E-state index contributed by atoms with van der Waals surface area (Å²) in [5.74, 6) is 0.634. The minimum atomic E-state index is -3.35. The van der Waals surface area contributed by atoms with Gasteiger partial charge in [-0.15, -0.1) is 0 Å². The van der Waals surface area contributed by atoms with Gasteiger partial charge in [-0.2, -0.15) is 0 Å². The Balaban J connectivity index is 1.94. The second kappa shape index (κ2) is 6.97. The van der Waals surface area contributed by atoms with E-state index in [1.54, 1.807) is 30.2 Å². The fourth-order valence-electron chi connectivity index (χ4n) is 3.03. The number of hydrogen-bond acceptors (Lipinski definition) is 5. The van der Waals surface area contributed by atoms with Crippen LogP contribution in [-0.2, 0) is 16.9 Å². The number of aryl methyl sites for hydroxylation is 1. The van der Waals surface area contributed by atoms with E-state index in [-0.39, 0.29) is 22.6 Å². The number of nitrogens with zero attached hydrogens (tertiary/aromatic N) is 3. The van der Waals surface area contributed by atoms with Crippen molar-refractivity contribution in [1.29, 1.82) is 0 Å². The van der Waals surface area contributed by atoms with Gasteiger partial charge in [0.1, 0.15) is 11.9 Å². The minimum absolute atomic E-state index is 0.00811. The summed E-state index contributed by atoms with van der Waals surface area (Å²) < 4.78 is 26.1. The molecule has 0 radical (unpaired) electrons. The number of amides is 1. The number of sulfone groups is 1. The molecule has 0 aliphatic carbocycles. The van der Waals surface area contributed by atoms with E-state index < -0.39 is 9.84 Å². The molecule has 1 aromatic heterocycles. The van der Waals surface area contributed by atoms with Crippen molar-refractivity contribution in [3.05, 3.63) is 48.0 Å². The Morgan fingerprint density at radius 1 is 1.40 bits per heavy atom. The largest absolute Gasteiger partial charge is 0.336 e. The van der Waals surface area contributed by atoms with Crippen LogP contribution in [0.4, 0.5) is 0 Å². The average molecular weight is 362 g/mol. The lowest BCUT2D eigenvalue weighted by atomic mass is 10.1. The van der Waals surface area contributed by atoms with Crippen molar-refractivity contribution in [2.24, 2.45) is 7.05 Å². The van der Waals surface area contributed by atoms with Crippen molar-refractivity contribution in [3.8, 4) is 0 Å². The van der Waals surface area contributed by atoms with Gasteiger partial charge in [0.25, 0.3) is 5.91 Å². The summed E-state index contributed by atoms with van der Waals surface area (Å²) in [7, 11) is -1.45. The smallest absolute Gasteiger partial charge is 0.254 e. The molecule has 7 nitrogen and oxygen atoms in total. The number of rotatable bonds is 4. The zero-order valence-corrected chi connectivity index (χ0v) is 15.2. The number of nitrogens with one attached hydrogen (secondary N) is 1. The van der Waals surface area contributed by atoms with E-state index in [1.807, 2.05) is 17.8 Å². The van der Waals surface area contributed by atoms with Crippen LogP contribution in [0.2, 0.25) is 0 Å². The Hall–Kier alpha value is -2.19. The zero-order chi connectivity index (χ0) is 18.0. The van der Waals surface area contributed by atoms with Crippen molar-refractivity contribution in [2.45, 2.75) is 17.9 Å². The summed E-state index contributed by atoms with van der Waals surface area (Å²) in [6.45, 7) is 3.45. The maximum atomic E-state index is 13.1. The van der Waals surface area contributed by atoms with E-state index in [0.717, 1.165) is 5.82 Å². The number of carbonyl (C=O) groups is 1. The van der Waals surface area contributed by atoms with E-state index in [2.05, 4.69) is 10.3 Å². The van der Waals surface area contributed by atoms with Gasteiger partial charge in [0.2, 0.25) is 0 Å². The molecule has 1 amide bonds. The molecule has 1 N–H and O–H groups in total. The van der Waals surface area contributed by atoms with Gasteiger partial charge >= 0.3 is 0 Å². The lowest BCUT2D eigenvalue weighted by Gasteiger charge is -2.35. The van der Waals surface area contributed by atoms with Crippen molar-refractivity contribution >= 4 is 15.7 Å². The molecule has 1 atom stereocenters. The quantitative estimate of drug-likeness (QED) is 0.877. The number of aromatic nitrogens is 2. The fraction of sp³-hybridized carbons (Fsp3) is 0.412. The molecule has 1 aromatic carbocycles. The molecule has 2 heterocycles. The normalized spacial score (nSPS) is 18.3. The third kappa shape index (κ3) is 3.45. The third-order valence-corrected chi connectivity index (χ3v) is 6.21. The summed E-state index contributed by atoms with van der Waals surface area (Å²) in [5.41, 5.74) is 0.385. The molecule has 1 aliphatic rings. The number of hydrogen-bond donors (Lipinski definition) is 1. The molecule has 134 valence electrons. The van der Waals surface area contributed by atoms with Gasteiger partial charge < -0.3 is 14.8 Å². The van der Waals surface area contributed by atoms with E-state index in [0.29, 0.717) is 25.2 Å². The van der Waals surface area contributed by atoms with Crippen LogP contribution in [0.1, 0.15) is 29.1 Å². The molecule has 25 heavy (non-hydrogen) atoms. The maximum Gasteiger partial charge on any atom is 0.254 e. The number of imidazole rings is 1. The number of benzene rings is 1. The molecule has 1 aliphatic heterocycles. The van der Waals surface area contributed by atoms with Gasteiger partial charge in [-0.05, 0) is 18.2 Å². The molecule has 0 saturated carbocycles. The van der Waals surface area contributed by atoms with Crippen LogP contribution in [-0.4, -0.2) is 54.2 Å². The lowest BCUT2D eigenvalue weighted by Crippen LogP contribution is -2.49. The molecule has 0 spiro atoms. The summed E-state index contributed by atoms with van der Waals surface area (Å²) in [6, 6.07) is 6.09. The van der Waals surface area contributed by atoms with Crippen LogP contribution in [0.15, 0.2) is 41.6 Å². The highest BCUT2D eigenvalue weighted by Crippen LogP contribution is 2.23. The molecule has 8 heteroatoms. The molecule has 1 fully saturated rings. The van der Waals surface area contributed by atoms with Crippen molar-refractivity contribution in [1.82, 2.24) is 19.8 Å². The Morgan fingerprint density at radius 3 is 2.88 bits per heavy atom. The zero-order valence-electron chi connectivity index (χ0n) is 14.3. The van der Waals surface area contributed by atoms with E-state index >= 15 is 0 Å². The Morgan fingerprint density at radius 2 is 2.20 bits per heavy atom. The molecular weight excluding hydrogens is 340 g/mol. The van der Waals surface area contributed by atoms with Crippen LogP contribution in [0.3, 0.4) is 0 Å². The van der Waals surface area contributed by atoms with Gasteiger partial charge in [0.15, 0.2) is 9.84 Å². The molecule has 0 bridgehead atoms. The molecule has 1 unspecified atom stereocenters. The topological polar surface area (TPSA) is 84.3 Å². The number of piperazine rings is 1. The van der Waals surface area contributed by atoms with Crippen molar-refractivity contribution in [3.63, 3.8) is 0 Å². The monoisotopic (exact) mass is 362 g/mol. The Bertz CT molecular complexity index is 876. The van der Waals surface area contributed by atoms with Gasteiger partial charge in [-0.1, -0.05) is 13.0 Å². The van der Waals surface area contributed by atoms with Crippen LogP contribution >= 0.6 is 0 Å². The van der Waals surface area contributed by atoms with Crippen LogP contribution < -0.4 is 5.32 Å². The van der Waals surface area contributed by atoms with Crippen molar-refractivity contribution < 1.29 is 13.2 Å². The van der Waals surface area contributed by atoms with Gasteiger partial charge in [0, 0.05) is 44.6 Å². The second-order valence-electron chi connectivity index (χ2n) is 6.05. The van der Waals surface area contributed by atoms with E-state index in [4.69, 9.17) is 0 Å². The fourth-order valence-corrected chi connectivity index (χ4v) is 3.96. The van der Waals surface area contributed by atoms with E-state index in [1.165, 1.54) is 12.1 Å². The maximum absolute atomic E-state index is 13.1. The molecule has 1 saturated heterocycles. The first-order chi connectivity index (χ1) is 11.9. The second-order valence-corrected chi connectivity index (χ2v) is 8.32. The van der Waals surface area contributed by atoms with Gasteiger partial charge in [-0.25, -0.2) is 13.4 Å². The van der Waals surface area contributed by atoms with Crippen LogP contribution in [0, 0.1) is 0 Å².